The van der Waals surface area contributed by atoms with E-state index in [9.17, 15) is 0 Å². The van der Waals surface area contributed by atoms with Gasteiger partial charge in [-0.15, -0.1) is 0 Å². The van der Waals surface area contributed by atoms with E-state index in [1.807, 2.05) is 0 Å². The van der Waals surface area contributed by atoms with Crippen molar-refractivity contribution in [1.82, 2.24) is 10.3 Å². The molecule has 0 aliphatic rings. The van der Waals surface area contributed by atoms with E-state index < -0.39 is 0 Å². The van der Waals surface area contributed by atoms with Crippen molar-refractivity contribution in [2.45, 2.75) is 41.2 Å². The SMILES string of the molecule is CCN(CC)c1cc(CNCC(C)C)cc(C)n1. The van der Waals surface area contributed by atoms with E-state index >= 15 is 0 Å². The van der Waals surface area contributed by atoms with Crippen LogP contribution in [0.5, 0.6) is 0 Å². The monoisotopic (exact) mass is 249 g/mol. The summed E-state index contributed by atoms with van der Waals surface area (Å²) in [5.74, 6) is 1.79. The molecular formula is C15H27N3. The second-order valence-corrected chi connectivity index (χ2v) is 5.17. The molecule has 0 radical (unpaired) electrons. The first kappa shape index (κ1) is 15.0. The Morgan fingerprint density at radius 2 is 1.89 bits per heavy atom. The molecule has 0 spiro atoms. The predicted molar refractivity (Wildman–Crippen MR) is 79.1 cm³/mol. The van der Waals surface area contributed by atoms with Gasteiger partial charge in [0.15, 0.2) is 0 Å². The van der Waals surface area contributed by atoms with Gasteiger partial charge in [0.1, 0.15) is 5.82 Å². The number of nitrogens with zero attached hydrogens (tertiary/aromatic N) is 2. The summed E-state index contributed by atoms with van der Waals surface area (Å²) in [6, 6.07) is 4.37. The zero-order valence-corrected chi connectivity index (χ0v) is 12.5. The molecule has 1 rings (SSSR count). The summed E-state index contributed by atoms with van der Waals surface area (Å²) in [5, 5.41) is 3.48. The fraction of sp³-hybridized carbons (Fsp3) is 0.667. The van der Waals surface area contributed by atoms with E-state index in [2.05, 4.69) is 62.0 Å². The van der Waals surface area contributed by atoms with Crippen LogP contribution in [-0.2, 0) is 6.54 Å². The van der Waals surface area contributed by atoms with Crippen LogP contribution in [0.2, 0.25) is 0 Å². The lowest BCUT2D eigenvalue weighted by Crippen LogP contribution is -2.24. The Morgan fingerprint density at radius 3 is 2.44 bits per heavy atom. The summed E-state index contributed by atoms with van der Waals surface area (Å²) in [6.45, 7) is 14.9. The molecule has 3 heteroatoms. The maximum Gasteiger partial charge on any atom is 0.129 e. The highest BCUT2D eigenvalue weighted by molar-refractivity contribution is 5.42. The summed E-state index contributed by atoms with van der Waals surface area (Å²) in [7, 11) is 0. The van der Waals surface area contributed by atoms with Gasteiger partial charge in [-0.3, -0.25) is 0 Å². The number of aryl methyl sites for hydroxylation is 1. The van der Waals surface area contributed by atoms with E-state index in [-0.39, 0.29) is 0 Å². The van der Waals surface area contributed by atoms with Crippen molar-refractivity contribution in [1.29, 1.82) is 0 Å². The van der Waals surface area contributed by atoms with Crippen LogP contribution >= 0.6 is 0 Å². The molecule has 102 valence electrons. The van der Waals surface area contributed by atoms with Gasteiger partial charge < -0.3 is 10.2 Å². The van der Waals surface area contributed by atoms with Gasteiger partial charge in [-0.05, 0) is 50.9 Å². The van der Waals surface area contributed by atoms with Crippen LogP contribution in [0.15, 0.2) is 12.1 Å². The summed E-state index contributed by atoms with van der Waals surface area (Å²) in [6.07, 6.45) is 0. The Kier molecular flexibility index (Phi) is 6.13. The van der Waals surface area contributed by atoms with Crippen LogP contribution in [-0.4, -0.2) is 24.6 Å². The minimum Gasteiger partial charge on any atom is -0.357 e. The molecule has 0 saturated carbocycles. The fourth-order valence-electron chi connectivity index (χ4n) is 2.04. The van der Waals surface area contributed by atoms with Crippen LogP contribution in [0.3, 0.4) is 0 Å². The molecule has 0 aliphatic heterocycles. The molecule has 1 N–H and O–H groups in total. The molecule has 0 saturated heterocycles. The van der Waals surface area contributed by atoms with Crippen molar-refractivity contribution < 1.29 is 0 Å². The van der Waals surface area contributed by atoms with Gasteiger partial charge in [-0.2, -0.15) is 0 Å². The Hall–Kier alpha value is -1.09. The third-order valence-electron chi connectivity index (χ3n) is 2.97. The van der Waals surface area contributed by atoms with E-state index in [1.165, 1.54) is 5.56 Å². The molecule has 0 fully saturated rings. The van der Waals surface area contributed by atoms with Crippen molar-refractivity contribution in [2.75, 3.05) is 24.5 Å². The van der Waals surface area contributed by atoms with Gasteiger partial charge in [0.25, 0.3) is 0 Å². The lowest BCUT2D eigenvalue weighted by Gasteiger charge is -2.21. The van der Waals surface area contributed by atoms with Gasteiger partial charge in [-0.1, -0.05) is 13.8 Å². The summed E-state index contributed by atoms with van der Waals surface area (Å²) in [5.41, 5.74) is 2.42. The van der Waals surface area contributed by atoms with Crippen molar-refractivity contribution in [3.63, 3.8) is 0 Å². The van der Waals surface area contributed by atoms with Crippen LogP contribution < -0.4 is 10.2 Å². The molecule has 0 amide bonds. The topological polar surface area (TPSA) is 28.2 Å². The molecule has 0 aliphatic carbocycles. The van der Waals surface area contributed by atoms with Gasteiger partial charge in [-0.25, -0.2) is 4.98 Å². The van der Waals surface area contributed by atoms with Crippen molar-refractivity contribution in [3.8, 4) is 0 Å². The molecule has 0 unspecified atom stereocenters. The maximum atomic E-state index is 4.62. The van der Waals surface area contributed by atoms with E-state index in [0.29, 0.717) is 5.92 Å². The second kappa shape index (κ2) is 7.37. The largest absolute Gasteiger partial charge is 0.357 e. The van der Waals surface area contributed by atoms with Crippen molar-refractivity contribution in [2.24, 2.45) is 5.92 Å². The highest BCUT2D eigenvalue weighted by Gasteiger charge is 2.06. The van der Waals surface area contributed by atoms with Gasteiger partial charge in [0.2, 0.25) is 0 Å². The Bertz CT molecular complexity index is 357. The molecule has 1 heterocycles. The first-order valence-corrected chi connectivity index (χ1v) is 7.00. The standard InChI is InChI=1S/C15H27N3/c1-6-18(7-2)15-9-14(8-13(5)17-15)11-16-10-12(3)4/h8-9,12,16H,6-7,10-11H2,1-5H3. The molecular weight excluding hydrogens is 222 g/mol. The average Bonchev–Trinajstić information content (AvgIpc) is 2.29. The lowest BCUT2D eigenvalue weighted by molar-refractivity contribution is 0.552. The summed E-state index contributed by atoms with van der Waals surface area (Å²) >= 11 is 0. The molecule has 18 heavy (non-hydrogen) atoms. The molecule has 0 aromatic carbocycles. The summed E-state index contributed by atoms with van der Waals surface area (Å²) < 4.78 is 0. The average molecular weight is 249 g/mol. The molecule has 0 atom stereocenters. The molecule has 1 aromatic heterocycles. The second-order valence-electron chi connectivity index (χ2n) is 5.17. The third-order valence-corrected chi connectivity index (χ3v) is 2.97. The number of anilines is 1. The molecule has 1 aromatic rings. The minimum absolute atomic E-state index is 0.690. The maximum absolute atomic E-state index is 4.62. The first-order valence-electron chi connectivity index (χ1n) is 7.00. The number of aromatic nitrogens is 1. The zero-order chi connectivity index (χ0) is 13.5. The van der Waals surface area contributed by atoms with E-state index in [0.717, 1.165) is 37.7 Å². The number of nitrogens with one attached hydrogen (secondary N) is 1. The summed E-state index contributed by atoms with van der Waals surface area (Å²) in [4.78, 5) is 6.91. The Balaban J connectivity index is 2.74. The number of hydrogen-bond donors (Lipinski definition) is 1. The van der Waals surface area contributed by atoms with Crippen molar-refractivity contribution in [3.05, 3.63) is 23.4 Å². The number of pyridine rings is 1. The smallest absolute Gasteiger partial charge is 0.129 e. The van der Waals surface area contributed by atoms with Gasteiger partial charge >= 0.3 is 0 Å². The Labute approximate surface area is 112 Å². The first-order chi connectivity index (χ1) is 8.56. The quantitative estimate of drug-likeness (QED) is 0.805. The fourth-order valence-corrected chi connectivity index (χ4v) is 2.04. The third kappa shape index (κ3) is 4.65. The minimum atomic E-state index is 0.690. The Morgan fingerprint density at radius 1 is 1.22 bits per heavy atom. The number of hydrogen-bond acceptors (Lipinski definition) is 3. The van der Waals surface area contributed by atoms with Gasteiger partial charge in [0.05, 0.1) is 0 Å². The van der Waals surface area contributed by atoms with Crippen LogP contribution in [0, 0.1) is 12.8 Å². The van der Waals surface area contributed by atoms with E-state index in [4.69, 9.17) is 0 Å². The predicted octanol–water partition coefficient (Wildman–Crippen LogP) is 2.98. The van der Waals surface area contributed by atoms with Crippen molar-refractivity contribution >= 4 is 5.82 Å². The zero-order valence-electron chi connectivity index (χ0n) is 12.5. The normalized spacial score (nSPS) is 11.0. The van der Waals surface area contributed by atoms with E-state index in [1.54, 1.807) is 0 Å². The lowest BCUT2D eigenvalue weighted by atomic mass is 10.2. The number of rotatable bonds is 7. The van der Waals surface area contributed by atoms with Crippen LogP contribution in [0.4, 0.5) is 5.82 Å². The molecule has 3 nitrogen and oxygen atoms in total. The highest BCUT2D eigenvalue weighted by Crippen LogP contribution is 2.14. The molecule has 0 bridgehead atoms. The van der Waals surface area contributed by atoms with Crippen LogP contribution in [0.25, 0.3) is 0 Å². The van der Waals surface area contributed by atoms with Crippen LogP contribution in [0.1, 0.15) is 39.0 Å². The van der Waals surface area contributed by atoms with Gasteiger partial charge in [0, 0.05) is 25.3 Å². The highest BCUT2D eigenvalue weighted by atomic mass is 15.2.